The van der Waals surface area contributed by atoms with Crippen molar-refractivity contribution >= 4 is 38.3 Å². The van der Waals surface area contributed by atoms with Crippen LogP contribution in [-0.4, -0.2) is 62.1 Å². The molecular weight excluding hydrogens is 408 g/mol. The number of aromatic nitrogens is 1. The summed E-state index contributed by atoms with van der Waals surface area (Å²) in [7, 11) is 6.57. The summed E-state index contributed by atoms with van der Waals surface area (Å²) in [6.07, 6.45) is 0. The standard InChI is InChI=1S/C20H22N4O5S/c1-22(2)9-10-23(20-21-14-7-5-6-8-18(14)30-20)19(25)13-11-16(28-3)17(29-4)12-15(13)24(26)27/h5-8,11-12H,9-10H2,1-4H3. The molecule has 3 aromatic rings. The van der Waals surface area contributed by atoms with Gasteiger partial charge in [-0.3, -0.25) is 19.8 Å². The third-order valence-corrected chi connectivity index (χ3v) is 5.52. The highest BCUT2D eigenvalue weighted by atomic mass is 32.1. The largest absolute Gasteiger partial charge is 0.493 e. The van der Waals surface area contributed by atoms with Crippen LogP contribution in [0.5, 0.6) is 11.5 Å². The summed E-state index contributed by atoms with van der Waals surface area (Å²) in [4.78, 5) is 32.5. The van der Waals surface area contributed by atoms with E-state index in [4.69, 9.17) is 9.47 Å². The molecule has 0 fully saturated rings. The minimum Gasteiger partial charge on any atom is -0.493 e. The fourth-order valence-corrected chi connectivity index (χ4v) is 3.89. The lowest BCUT2D eigenvalue weighted by Gasteiger charge is -2.22. The van der Waals surface area contributed by atoms with Gasteiger partial charge in [0.05, 0.1) is 35.4 Å². The van der Waals surface area contributed by atoms with E-state index in [1.165, 1.54) is 42.6 Å². The van der Waals surface area contributed by atoms with Crippen LogP contribution in [-0.2, 0) is 0 Å². The van der Waals surface area contributed by atoms with E-state index < -0.39 is 10.8 Å². The third kappa shape index (κ3) is 4.34. The van der Waals surface area contributed by atoms with E-state index in [1.54, 1.807) is 0 Å². The lowest BCUT2D eigenvalue weighted by Crippen LogP contribution is -2.37. The van der Waals surface area contributed by atoms with Crippen molar-refractivity contribution < 1.29 is 19.2 Å². The van der Waals surface area contributed by atoms with E-state index in [0.717, 1.165) is 10.2 Å². The predicted octanol–water partition coefficient (Wildman–Crippen LogP) is 3.43. The lowest BCUT2D eigenvalue weighted by molar-refractivity contribution is -0.385. The molecule has 0 atom stereocenters. The first-order valence-electron chi connectivity index (χ1n) is 9.08. The van der Waals surface area contributed by atoms with Crippen LogP contribution < -0.4 is 14.4 Å². The molecule has 0 saturated carbocycles. The molecule has 158 valence electrons. The zero-order valence-electron chi connectivity index (χ0n) is 17.1. The molecule has 0 aliphatic rings. The predicted molar refractivity (Wildman–Crippen MR) is 116 cm³/mol. The van der Waals surface area contributed by atoms with Gasteiger partial charge < -0.3 is 14.4 Å². The number of thiazole rings is 1. The fraction of sp³-hybridized carbons (Fsp3) is 0.300. The Bertz CT molecular complexity index is 1050. The average Bonchev–Trinajstić information content (AvgIpc) is 3.16. The monoisotopic (exact) mass is 430 g/mol. The molecule has 3 rings (SSSR count). The summed E-state index contributed by atoms with van der Waals surface area (Å²) in [5, 5.41) is 12.2. The molecule has 1 heterocycles. The summed E-state index contributed by atoms with van der Waals surface area (Å²) >= 11 is 1.36. The number of ether oxygens (including phenoxy) is 2. The van der Waals surface area contributed by atoms with Crippen molar-refractivity contribution in [2.24, 2.45) is 0 Å². The van der Waals surface area contributed by atoms with Crippen molar-refractivity contribution in [3.05, 3.63) is 52.1 Å². The number of likely N-dealkylation sites (N-methyl/N-ethyl adjacent to an activating group) is 1. The van der Waals surface area contributed by atoms with Crippen molar-refractivity contribution in [2.45, 2.75) is 0 Å². The van der Waals surface area contributed by atoms with Gasteiger partial charge in [0.15, 0.2) is 16.6 Å². The van der Waals surface area contributed by atoms with Gasteiger partial charge >= 0.3 is 0 Å². The maximum absolute atomic E-state index is 13.5. The smallest absolute Gasteiger partial charge is 0.286 e. The quantitative estimate of drug-likeness (QED) is 0.399. The van der Waals surface area contributed by atoms with Gasteiger partial charge in [-0.1, -0.05) is 23.5 Å². The van der Waals surface area contributed by atoms with Crippen LogP contribution >= 0.6 is 11.3 Å². The number of rotatable bonds is 8. The average molecular weight is 430 g/mol. The fourth-order valence-electron chi connectivity index (χ4n) is 2.90. The van der Waals surface area contributed by atoms with Crippen molar-refractivity contribution in [1.29, 1.82) is 0 Å². The van der Waals surface area contributed by atoms with E-state index in [-0.39, 0.29) is 22.7 Å². The molecule has 1 aromatic heterocycles. The van der Waals surface area contributed by atoms with Gasteiger partial charge in [-0.05, 0) is 26.2 Å². The molecule has 0 spiro atoms. The van der Waals surface area contributed by atoms with Crippen molar-refractivity contribution in [1.82, 2.24) is 9.88 Å². The Hall–Kier alpha value is -3.24. The summed E-state index contributed by atoms with van der Waals surface area (Å²) in [5.74, 6) is -0.104. The van der Waals surface area contributed by atoms with Crippen LogP contribution in [0, 0.1) is 10.1 Å². The highest BCUT2D eigenvalue weighted by molar-refractivity contribution is 7.22. The van der Waals surface area contributed by atoms with E-state index in [1.807, 2.05) is 43.3 Å². The Morgan fingerprint density at radius 3 is 2.40 bits per heavy atom. The van der Waals surface area contributed by atoms with E-state index in [2.05, 4.69) is 4.98 Å². The number of benzene rings is 2. The summed E-state index contributed by atoms with van der Waals surface area (Å²) < 4.78 is 11.3. The zero-order valence-corrected chi connectivity index (χ0v) is 17.9. The van der Waals surface area contributed by atoms with Gasteiger partial charge in [-0.25, -0.2) is 4.98 Å². The van der Waals surface area contributed by atoms with Gasteiger partial charge in [0, 0.05) is 19.2 Å². The Labute approximate surface area is 177 Å². The first-order valence-corrected chi connectivity index (χ1v) is 9.90. The molecule has 2 aromatic carbocycles. The zero-order chi connectivity index (χ0) is 21.8. The molecule has 10 heteroatoms. The second kappa shape index (κ2) is 9.06. The lowest BCUT2D eigenvalue weighted by atomic mass is 10.1. The number of para-hydroxylation sites is 1. The Balaban J connectivity index is 2.11. The first kappa shape index (κ1) is 21.5. The topological polar surface area (TPSA) is 98.0 Å². The van der Waals surface area contributed by atoms with Crippen molar-refractivity contribution in [2.75, 3.05) is 46.3 Å². The van der Waals surface area contributed by atoms with Crippen LogP contribution in [0.3, 0.4) is 0 Å². The summed E-state index contributed by atoms with van der Waals surface area (Å²) in [6.45, 7) is 0.875. The SMILES string of the molecule is COc1cc(C(=O)N(CCN(C)C)c2nc3ccccc3s2)c([N+](=O)[O-])cc1OC. The van der Waals surface area contributed by atoms with E-state index in [9.17, 15) is 14.9 Å². The number of carbonyl (C=O) groups excluding carboxylic acids is 1. The number of fused-ring (bicyclic) bond motifs is 1. The Morgan fingerprint density at radius 2 is 1.80 bits per heavy atom. The maximum atomic E-state index is 13.5. The molecule has 0 unspecified atom stereocenters. The van der Waals surface area contributed by atoms with Crippen LogP contribution in [0.1, 0.15) is 10.4 Å². The van der Waals surface area contributed by atoms with Gasteiger partial charge in [-0.15, -0.1) is 0 Å². The molecular formula is C20H22N4O5S. The van der Waals surface area contributed by atoms with E-state index in [0.29, 0.717) is 18.2 Å². The summed E-state index contributed by atoms with van der Waals surface area (Å²) in [5.41, 5.74) is 0.325. The van der Waals surface area contributed by atoms with Crippen LogP contribution in [0.15, 0.2) is 36.4 Å². The van der Waals surface area contributed by atoms with Crippen LogP contribution in [0.4, 0.5) is 10.8 Å². The number of hydrogen-bond acceptors (Lipinski definition) is 8. The number of nitrogens with zero attached hydrogens (tertiary/aromatic N) is 4. The van der Waals surface area contributed by atoms with Crippen LogP contribution in [0.2, 0.25) is 0 Å². The first-order chi connectivity index (χ1) is 14.3. The molecule has 0 radical (unpaired) electrons. The number of amides is 1. The van der Waals surface area contributed by atoms with Crippen LogP contribution in [0.25, 0.3) is 10.2 Å². The molecule has 0 N–H and O–H groups in total. The number of nitro groups is 1. The number of carbonyl (C=O) groups is 1. The molecule has 30 heavy (non-hydrogen) atoms. The highest BCUT2D eigenvalue weighted by Gasteiger charge is 2.30. The van der Waals surface area contributed by atoms with Crippen molar-refractivity contribution in [3.8, 4) is 11.5 Å². The van der Waals surface area contributed by atoms with E-state index >= 15 is 0 Å². The minimum absolute atomic E-state index is 0.0873. The normalized spacial score (nSPS) is 11.0. The third-order valence-electron chi connectivity index (χ3n) is 4.46. The molecule has 0 aliphatic heterocycles. The molecule has 0 bridgehead atoms. The van der Waals surface area contributed by atoms with Gasteiger partial charge in [-0.2, -0.15) is 0 Å². The second-order valence-corrected chi connectivity index (χ2v) is 7.71. The molecule has 0 saturated heterocycles. The molecule has 0 aliphatic carbocycles. The molecule has 9 nitrogen and oxygen atoms in total. The number of methoxy groups -OCH3 is 2. The summed E-state index contributed by atoms with van der Waals surface area (Å²) in [6, 6.07) is 10.1. The van der Waals surface area contributed by atoms with Gasteiger partial charge in [0.2, 0.25) is 0 Å². The Kier molecular flexibility index (Phi) is 6.48. The van der Waals surface area contributed by atoms with Gasteiger partial charge in [0.25, 0.3) is 11.6 Å². The van der Waals surface area contributed by atoms with Gasteiger partial charge in [0.1, 0.15) is 5.56 Å². The molecule has 1 amide bonds. The number of nitro benzene ring substituents is 1. The number of hydrogen-bond donors (Lipinski definition) is 0. The van der Waals surface area contributed by atoms with Crippen molar-refractivity contribution in [3.63, 3.8) is 0 Å². The highest BCUT2D eigenvalue weighted by Crippen LogP contribution is 2.36. The Morgan fingerprint density at radius 1 is 1.13 bits per heavy atom. The maximum Gasteiger partial charge on any atom is 0.286 e. The minimum atomic E-state index is -0.600. The second-order valence-electron chi connectivity index (χ2n) is 6.71. The number of anilines is 1.